The number of rotatable bonds is 13. The lowest BCUT2D eigenvalue weighted by Gasteiger charge is -2.33. The molecular weight excluding hydrogens is 620 g/mol. The number of benzene rings is 2. The molecule has 0 spiro atoms. The number of nitrogens with zero attached hydrogens (tertiary/aromatic N) is 7. The van der Waals surface area contributed by atoms with Crippen LogP contribution >= 0.6 is 0 Å². The summed E-state index contributed by atoms with van der Waals surface area (Å²) in [6.07, 6.45) is 3.61. The van der Waals surface area contributed by atoms with Crippen molar-refractivity contribution in [3.8, 4) is 28.8 Å². The fourth-order valence-electron chi connectivity index (χ4n) is 5.64. The molecule has 1 fully saturated rings. The van der Waals surface area contributed by atoms with Crippen molar-refractivity contribution in [3.63, 3.8) is 0 Å². The van der Waals surface area contributed by atoms with Crippen LogP contribution < -0.4 is 24.4 Å². The molecule has 3 aromatic heterocycles. The molecule has 0 aliphatic carbocycles. The van der Waals surface area contributed by atoms with Crippen LogP contribution in [0.1, 0.15) is 29.4 Å². The SMILES string of the molecule is COc1ccc(CN(Cc2ccc(OC)cc2)c2nc(C)nc(-c3cc(CN4CCOC[C@@H]4C)cnc3Nc3ccc(OC)nc3)n2)cc1. The number of hydrogen-bond donors (Lipinski definition) is 1. The van der Waals surface area contributed by atoms with Crippen molar-refractivity contribution < 1.29 is 18.9 Å². The summed E-state index contributed by atoms with van der Waals surface area (Å²) >= 11 is 0. The van der Waals surface area contributed by atoms with E-state index >= 15 is 0 Å². The molecule has 254 valence electrons. The van der Waals surface area contributed by atoms with Crippen LogP contribution in [0.5, 0.6) is 17.4 Å². The summed E-state index contributed by atoms with van der Waals surface area (Å²) in [4.78, 5) is 28.6. The average Bonchev–Trinajstić information content (AvgIpc) is 3.13. The number of morpholine rings is 1. The van der Waals surface area contributed by atoms with Gasteiger partial charge in [-0.25, -0.2) is 15.0 Å². The molecule has 1 atom stereocenters. The molecule has 1 aliphatic rings. The van der Waals surface area contributed by atoms with Crippen LogP contribution in [0.15, 0.2) is 79.1 Å². The Hall–Kier alpha value is -5.33. The lowest BCUT2D eigenvalue weighted by Crippen LogP contribution is -2.42. The number of methoxy groups -OCH3 is 3. The maximum absolute atomic E-state index is 5.68. The van der Waals surface area contributed by atoms with Gasteiger partial charge in [-0.15, -0.1) is 0 Å². The minimum atomic E-state index is 0.302. The van der Waals surface area contributed by atoms with Crippen molar-refractivity contribution in [1.82, 2.24) is 29.8 Å². The molecule has 0 saturated carbocycles. The number of anilines is 3. The molecule has 0 radical (unpaired) electrons. The summed E-state index contributed by atoms with van der Waals surface area (Å²) in [5, 5.41) is 3.43. The van der Waals surface area contributed by atoms with Gasteiger partial charge in [0.15, 0.2) is 5.82 Å². The molecule has 1 saturated heterocycles. The molecule has 12 nitrogen and oxygen atoms in total. The van der Waals surface area contributed by atoms with Gasteiger partial charge < -0.3 is 29.2 Å². The topological polar surface area (TPSA) is 120 Å². The molecule has 6 rings (SSSR count). The first-order chi connectivity index (χ1) is 23.9. The minimum Gasteiger partial charge on any atom is -0.497 e. The van der Waals surface area contributed by atoms with Crippen LogP contribution in [0.2, 0.25) is 0 Å². The smallest absolute Gasteiger partial charge is 0.229 e. The van der Waals surface area contributed by atoms with E-state index in [-0.39, 0.29) is 0 Å². The lowest BCUT2D eigenvalue weighted by molar-refractivity contribution is -0.00440. The Morgan fingerprint density at radius 1 is 0.816 bits per heavy atom. The monoisotopic (exact) mass is 662 g/mol. The van der Waals surface area contributed by atoms with E-state index in [1.54, 1.807) is 33.6 Å². The normalized spacial score (nSPS) is 14.7. The van der Waals surface area contributed by atoms with Crippen LogP contribution in [0.4, 0.5) is 17.5 Å². The summed E-state index contributed by atoms with van der Waals surface area (Å²) in [7, 11) is 4.93. The summed E-state index contributed by atoms with van der Waals surface area (Å²) in [6, 6.07) is 22.2. The molecule has 1 aliphatic heterocycles. The molecule has 1 N–H and O–H groups in total. The molecule has 12 heteroatoms. The highest BCUT2D eigenvalue weighted by Crippen LogP contribution is 2.30. The highest BCUT2D eigenvalue weighted by atomic mass is 16.5. The maximum atomic E-state index is 5.68. The van der Waals surface area contributed by atoms with Gasteiger partial charge in [-0.2, -0.15) is 9.97 Å². The average molecular weight is 663 g/mol. The third-order valence-corrected chi connectivity index (χ3v) is 8.37. The van der Waals surface area contributed by atoms with Gasteiger partial charge in [0.2, 0.25) is 11.8 Å². The third kappa shape index (κ3) is 8.59. The van der Waals surface area contributed by atoms with Crippen molar-refractivity contribution in [3.05, 3.63) is 102 Å². The highest BCUT2D eigenvalue weighted by molar-refractivity contribution is 5.75. The Balaban J connectivity index is 1.39. The zero-order valence-electron chi connectivity index (χ0n) is 28.6. The Labute approximate surface area is 287 Å². The van der Waals surface area contributed by atoms with Crippen molar-refractivity contribution >= 4 is 17.5 Å². The zero-order chi connectivity index (χ0) is 34.2. The molecule has 49 heavy (non-hydrogen) atoms. The van der Waals surface area contributed by atoms with Crippen LogP contribution in [-0.2, 0) is 24.4 Å². The second-order valence-corrected chi connectivity index (χ2v) is 11.9. The van der Waals surface area contributed by atoms with Gasteiger partial charge in [-0.05, 0) is 66.9 Å². The molecule has 0 unspecified atom stereocenters. The number of pyridine rings is 2. The van der Waals surface area contributed by atoms with E-state index in [9.17, 15) is 0 Å². The quantitative estimate of drug-likeness (QED) is 0.163. The molecule has 2 aromatic carbocycles. The van der Waals surface area contributed by atoms with Gasteiger partial charge in [-0.3, -0.25) is 4.90 Å². The fraction of sp³-hybridized carbons (Fsp3) is 0.324. The minimum absolute atomic E-state index is 0.302. The van der Waals surface area contributed by atoms with Crippen molar-refractivity contribution in [1.29, 1.82) is 0 Å². The van der Waals surface area contributed by atoms with E-state index in [4.69, 9.17) is 38.9 Å². The van der Waals surface area contributed by atoms with Crippen LogP contribution in [0, 0.1) is 6.92 Å². The van der Waals surface area contributed by atoms with Gasteiger partial charge in [0.25, 0.3) is 0 Å². The predicted octanol–water partition coefficient (Wildman–Crippen LogP) is 5.83. The number of ether oxygens (including phenoxy) is 4. The van der Waals surface area contributed by atoms with E-state index in [1.807, 2.05) is 43.5 Å². The van der Waals surface area contributed by atoms with Crippen molar-refractivity contribution in [2.45, 2.75) is 39.5 Å². The van der Waals surface area contributed by atoms with E-state index in [0.29, 0.717) is 61.6 Å². The fourth-order valence-corrected chi connectivity index (χ4v) is 5.64. The molecule has 5 aromatic rings. The zero-order valence-corrected chi connectivity index (χ0v) is 28.6. The molecular formula is C37H42N8O4. The third-order valence-electron chi connectivity index (χ3n) is 8.37. The molecule has 4 heterocycles. The highest BCUT2D eigenvalue weighted by Gasteiger charge is 2.22. The first-order valence-electron chi connectivity index (χ1n) is 16.2. The van der Waals surface area contributed by atoms with Gasteiger partial charge in [0, 0.05) is 44.5 Å². The largest absolute Gasteiger partial charge is 0.497 e. The van der Waals surface area contributed by atoms with Gasteiger partial charge >= 0.3 is 0 Å². The summed E-state index contributed by atoms with van der Waals surface area (Å²) in [5.41, 5.74) is 4.75. The van der Waals surface area contributed by atoms with Crippen LogP contribution in [0.25, 0.3) is 11.4 Å². The Morgan fingerprint density at radius 2 is 1.51 bits per heavy atom. The van der Waals surface area contributed by atoms with Gasteiger partial charge in [0.1, 0.15) is 23.1 Å². The second-order valence-electron chi connectivity index (χ2n) is 11.9. The van der Waals surface area contributed by atoms with Gasteiger partial charge in [0.05, 0.1) is 52.0 Å². The standard InChI is InChI=1S/C37H42N8O4/c1-25-24-49-17-16-44(25)23-29-18-33(35(39-19-29)42-30-10-15-34(48-5)38-20-30)36-40-26(2)41-37(43-36)45(21-27-6-11-31(46-3)12-7-27)22-28-8-13-32(47-4)14-9-28/h6-15,18-20,25H,16-17,21-24H2,1-5H3,(H,39,42)/t25-/m0/s1. The number of aryl methyl sites for hydroxylation is 1. The predicted molar refractivity (Wildman–Crippen MR) is 188 cm³/mol. The van der Waals surface area contributed by atoms with Gasteiger partial charge in [-0.1, -0.05) is 24.3 Å². The van der Waals surface area contributed by atoms with E-state index in [0.717, 1.165) is 52.5 Å². The van der Waals surface area contributed by atoms with Crippen molar-refractivity contribution in [2.24, 2.45) is 0 Å². The van der Waals surface area contributed by atoms with E-state index in [2.05, 4.69) is 57.4 Å². The Morgan fingerprint density at radius 3 is 2.10 bits per heavy atom. The van der Waals surface area contributed by atoms with Crippen molar-refractivity contribution in [2.75, 3.05) is 51.3 Å². The first-order valence-corrected chi connectivity index (χ1v) is 16.2. The van der Waals surface area contributed by atoms with E-state index in [1.165, 1.54) is 0 Å². The number of aromatic nitrogens is 5. The molecule has 0 amide bonds. The summed E-state index contributed by atoms with van der Waals surface area (Å²) in [6.45, 7) is 8.20. The molecule has 0 bridgehead atoms. The Kier molecular flexibility index (Phi) is 10.8. The number of nitrogens with one attached hydrogen (secondary N) is 1. The van der Waals surface area contributed by atoms with Crippen LogP contribution in [-0.4, -0.2) is 76.9 Å². The summed E-state index contributed by atoms with van der Waals surface area (Å²) < 4.78 is 21.7. The maximum Gasteiger partial charge on any atom is 0.229 e. The first kappa shape index (κ1) is 33.6. The lowest BCUT2D eigenvalue weighted by atomic mass is 10.1. The second kappa shape index (κ2) is 15.7. The Bertz CT molecular complexity index is 1770. The van der Waals surface area contributed by atoms with Crippen LogP contribution in [0.3, 0.4) is 0 Å². The van der Waals surface area contributed by atoms with E-state index < -0.39 is 0 Å². The number of hydrogen-bond acceptors (Lipinski definition) is 12. The summed E-state index contributed by atoms with van der Waals surface area (Å²) in [5.74, 6) is 4.41.